The molecule has 0 heterocycles. The van der Waals surface area contributed by atoms with Crippen molar-refractivity contribution in [1.29, 1.82) is 0 Å². The van der Waals surface area contributed by atoms with Crippen LogP contribution in [0.4, 0.5) is 0 Å². The van der Waals surface area contributed by atoms with E-state index in [-0.39, 0.29) is 11.6 Å². The average molecular weight is 209 g/mol. The van der Waals surface area contributed by atoms with Crippen molar-refractivity contribution in [2.75, 3.05) is 7.11 Å². The number of rotatable bonds is 4. The lowest BCUT2D eigenvalue weighted by Gasteiger charge is -2.37. The van der Waals surface area contributed by atoms with Gasteiger partial charge in [-0.15, -0.1) is 12.3 Å². The number of methoxy groups -OCH3 is 1. The van der Waals surface area contributed by atoms with Gasteiger partial charge in [0.05, 0.1) is 5.60 Å². The molecular weight excluding hydrogens is 186 g/mol. The third-order valence-electron chi connectivity index (χ3n) is 3.63. The molecule has 2 nitrogen and oxygen atoms in total. The van der Waals surface area contributed by atoms with E-state index in [1.54, 1.807) is 7.11 Å². The van der Waals surface area contributed by atoms with Gasteiger partial charge in [-0.25, -0.2) is 0 Å². The molecule has 0 bridgehead atoms. The van der Waals surface area contributed by atoms with Gasteiger partial charge in [0.1, 0.15) is 0 Å². The standard InChI is InChI=1S/C13H23NO/c1-3-4-9-12(14)13(15-2)10-7-5-6-8-11-13/h1,12H,4-11,14H2,2H3. The molecule has 1 atom stereocenters. The van der Waals surface area contributed by atoms with Gasteiger partial charge in [0.15, 0.2) is 0 Å². The number of ether oxygens (including phenoxy) is 1. The highest BCUT2D eigenvalue weighted by molar-refractivity contribution is 4.95. The van der Waals surface area contributed by atoms with Crippen molar-refractivity contribution in [2.45, 2.75) is 63.0 Å². The Morgan fingerprint density at radius 2 is 1.93 bits per heavy atom. The highest BCUT2D eigenvalue weighted by Gasteiger charge is 2.36. The monoisotopic (exact) mass is 209 g/mol. The Balaban J connectivity index is 2.60. The normalized spacial score (nSPS) is 22.7. The molecule has 0 amide bonds. The Kier molecular flexibility index (Phi) is 5.14. The smallest absolute Gasteiger partial charge is 0.0829 e. The maximum absolute atomic E-state index is 6.23. The molecule has 2 heteroatoms. The van der Waals surface area contributed by atoms with E-state index in [0.29, 0.717) is 0 Å². The Hall–Kier alpha value is -0.520. The van der Waals surface area contributed by atoms with Crippen LogP contribution in [0, 0.1) is 12.3 Å². The van der Waals surface area contributed by atoms with E-state index >= 15 is 0 Å². The zero-order valence-corrected chi connectivity index (χ0v) is 9.80. The van der Waals surface area contributed by atoms with Crippen molar-refractivity contribution >= 4 is 0 Å². The van der Waals surface area contributed by atoms with E-state index in [4.69, 9.17) is 16.9 Å². The molecule has 2 N–H and O–H groups in total. The fraction of sp³-hybridized carbons (Fsp3) is 0.846. The summed E-state index contributed by atoms with van der Waals surface area (Å²) in [6, 6.07) is 0.0941. The predicted octanol–water partition coefficient (Wildman–Crippen LogP) is 2.47. The minimum absolute atomic E-state index is 0.0941. The molecule has 1 saturated carbocycles. The highest BCUT2D eigenvalue weighted by atomic mass is 16.5. The van der Waals surface area contributed by atoms with Gasteiger partial charge in [0.25, 0.3) is 0 Å². The summed E-state index contributed by atoms with van der Waals surface area (Å²) in [7, 11) is 1.79. The van der Waals surface area contributed by atoms with E-state index in [9.17, 15) is 0 Å². The van der Waals surface area contributed by atoms with Crippen LogP contribution < -0.4 is 5.73 Å². The lowest BCUT2D eigenvalue weighted by atomic mass is 9.84. The second kappa shape index (κ2) is 6.15. The number of terminal acetylenes is 1. The Bertz CT molecular complexity index is 211. The minimum Gasteiger partial charge on any atom is -0.377 e. The van der Waals surface area contributed by atoms with Crippen molar-refractivity contribution in [3.05, 3.63) is 0 Å². The summed E-state index contributed by atoms with van der Waals surface area (Å²) in [4.78, 5) is 0. The minimum atomic E-state index is -0.104. The summed E-state index contributed by atoms with van der Waals surface area (Å²) in [5.41, 5.74) is 6.13. The first-order chi connectivity index (χ1) is 7.25. The first-order valence-corrected chi connectivity index (χ1v) is 5.99. The molecule has 86 valence electrons. The van der Waals surface area contributed by atoms with Crippen LogP contribution in [0.1, 0.15) is 51.4 Å². The molecule has 1 rings (SSSR count). The third kappa shape index (κ3) is 3.22. The second-order valence-corrected chi connectivity index (χ2v) is 4.53. The molecule has 1 aliphatic carbocycles. The molecule has 0 aromatic rings. The lowest BCUT2D eigenvalue weighted by molar-refractivity contribution is -0.0446. The van der Waals surface area contributed by atoms with Crippen molar-refractivity contribution in [2.24, 2.45) is 5.73 Å². The van der Waals surface area contributed by atoms with E-state index in [1.165, 1.54) is 25.7 Å². The van der Waals surface area contributed by atoms with Gasteiger partial charge in [-0.05, 0) is 19.3 Å². The average Bonchev–Trinajstić information content (AvgIpc) is 2.52. The van der Waals surface area contributed by atoms with Gasteiger partial charge in [-0.3, -0.25) is 0 Å². The van der Waals surface area contributed by atoms with Gasteiger partial charge in [-0.2, -0.15) is 0 Å². The molecule has 1 unspecified atom stereocenters. The molecule has 0 radical (unpaired) electrons. The van der Waals surface area contributed by atoms with Crippen LogP contribution in [0.2, 0.25) is 0 Å². The quantitative estimate of drug-likeness (QED) is 0.570. The Morgan fingerprint density at radius 3 is 2.40 bits per heavy atom. The van der Waals surface area contributed by atoms with E-state index in [0.717, 1.165) is 25.7 Å². The number of nitrogens with two attached hydrogens (primary N) is 1. The highest BCUT2D eigenvalue weighted by Crippen LogP contribution is 2.33. The first kappa shape index (κ1) is 12.5. The summed E-state index contributed by atoms with van der Waals surface area (Å²) in [5, 5.41) is 0. The third-order valence-corrected chi connectivity index (χ3v) is 3.63. The van der Waals surface area contributed by atoms with Crippen LogP contribution in [0.15, 0.2) is 0 Å². The summed E-state index contributed by atoms with van der Waals surface area (Å²) in [6.07, 6.45) is 14.2. The largest absolute Gasteiger partial charge is 0.377 e. The molecule has 0 saturated heterocycles. The molecule has 0 aliphatic heterocycles. The van der Waals surface area contributed by atoms with E-state index < -0.39 is 0 Å². The van der Waals surface area contributed by atoms with Crippen molar-refractivity contribution < 1.29 is 4.74 Å². The molecule has 1 aliphatic rings. The van der Waals surface area contributed by atoms with Crippen molar-refractivity contribution in [1.82, 2.24) is 0 Å². The summed E-state index contributed by atoms with van der Waals surface area (Å²) in [5.74, 6) is 2.66. The molecular formula is C13H23NO. The molecule has 0 spiro atoms. The number of hydrogen-bond acceptors (Lipinski definition) is 2. The number of hydrogen-bond donors (Lipinski definition) is 1. The summed E-state index contributed by atoms with van der Waals surface area (Å²) < 4.78 is 5.72. The van der Waals surface area contributed by atoms with Gasteiger partial charge in [0, 0.05) is 19.6 Å². The molecule has 0 aromatic carbocycles. The Morgan fingerprint density at radius 1 is 1.33 bits per heavy atom. The van der Waals surface area contributed by atoms with Crippen LogP contribution in [0.5, 0.6) is 0 Å². The molecule has 1 fully saturated rings. The lowest BCUT2D eigenvalue weighted by Crippen LogP contribution is -2.49. The second-order valence-electron chi connectivity index (χ2n) is 4.53. The molecule has 0 aromatic heterocycles. The van der Waals surface area contributed by atoms with Crippen LogP contribution in [-0.4, -0.2) is 18.8 Å². The fourth-order valence-electron chi connectivity index (χ4n) is 2.56. The zero-order chi connectivity index (χ0) is 11.1. The summed E-state index contributed by atoms with van der Waals surface area (Å²) >= 11 is 0. The van der Waals surface area contributed by atoms with Gasteiger partial charge in [-0.1, -0.05) is 25.7 Å². The van der Waals surface area contributed by atoms with Gasteiger partial charge >= 0.3 is 0 Å². The maximum atomic E-state index is 6.23. The zero-order valence-electron chi connectivity index (χ0n) is 9.80. The van der Waals surface area contributed by atoms with Gasteiger partial charge < -0.3 is 10.5 Å². The predicted molar refractivity (Wildman–Crippen MR) is 63.5 cm³/mol. The molecule has 15 heavy (non-hydrogen) atoms. The SMILES string of the molecule is C#CCCC(N)C1(OC)CCCCCC1. The van der Waals surface area contributed by atoms with Gasteiger partial charge in [0.2, 0.25) is 0 Å². The summed E-state index contributed by atoms with van der Waals surface area (Å²) in [6.45, 7) is 0. The van der Waals surface area contributed by atoms with Crippen molar-refractivity contribution in [3.8, 4) is 12.3 Å². The van der Waals surface area contributed by atoms with Crippen molar-refractivity contribution in [3.63, 3.8) is 0 Å². The van der Waals surface area contributed by atoms with E-state index in [1.807, 2.05) is 0 Å². The fourth-order valence-corrected chi connectivity index (χ4v) is 2.56. The first-order valence-electron chi connectivity index (χ1n) is 5.99. The van der Waals surface area contributed by atoms with Crippen LogP contribution in [0.25, 0.3) is 0 Å². The topological polar surface area (TPSA) is 35.2 Å². The van der Waals surface area contributed by atoms with E-state index in [2.05, 4.69) is 5.92 Å². The van der Waals surface area contributed by atoms with Crippen LogP contribution >= 0.6 is 0 Å². The Labute approximate surface area is 93.6 Å². The van der Waals surface area contributed by atoms with Crippen LogP contribution in [-0.2, 0) is 4.74 Å². The van der Waals surface area contributed by atoms with Crippen LogP contribution in [0.3, 0.4) is 0 Å². The maximum Gasteiger partial charge on any atom is 0.0829 e.